The maximum atomic E-state index is 5.61. The van der Waals surface area contributed by atoms with Crippen LogP contribution < -0.4 is 11.3 Å². The summed E-state index contributed by atoms with van der Waals surface area (Å²) in [6.07, 6.45) is 5.69. The minimum atomic E-state index is -0.322. The highest BCUT2D eigenvalue weighted by atomic mass is 16.5. The van der Waals surface area contributed by atoms with Gasteiger partial charge in [-0.1, -0.05) is 6.92 Å². The normalized spacial score (nSPS) is 13.9. The number of methoxy groups -OCH3 is 1. The number of ether oxygens (including phenoxy) is 1. The highest BCUT2D eigenvalue weighted by Crippen LogP contribution is 2.17. The highest BCUT2D eigenvalue weighted by molar-refractivity contribution is 4.99. The molecule has 1 aromatic rings. The lowest BCUT2D eigenvalue weighted by Gasteiger charge is -2.32. The van der Waals surface area contributed by atoms with Gasteiger partial charge < -0.3 is 9.30 Å². The Bertz CT molecular complexity index is 335. The predicted octanol–water partition coefficient (Wildman–Crippen LogP) is 1.09. The maximum Gasteiger partial charge on any atom is 0.110 e. The molecule has 0 bridgehead atoms. The minimum absolute atomic E-state index is 0.0329. The Morgan fingerprint density at radius 3 is 2.82 bits per heavy atom. The van der Waals surface area contributed by atoms with E-state index in [0.29, 0.717) is 0 Å². The third-order valence-electron chi connectivity index (χ3n) is 3.22. The lowest BCUT2D eigenvalue weighted by Crippen LogP contribution is -2.52. The summed E-state index contributed by atoms with van der Waals surface area (Å²) in [6, 6.07) is 0.0329. The van der Waals surface area contributed by atoms with E-state index in [1.165, 1.54) is 0 Å². The van der Waals surface area contributed by atoms with Crippen molar-refractivity contribution in [1.29, 1.82) is 0 Å². The molecule has 98 valence electrons. The van der Waals surface area contributed by atoms with Gasteiger partial charge in [-0.2, -0.15) is 0 Å². The third kappa shape index (κ3) is 3.52. The Labute approximate surface area is 103 Å². The van der Waals surface area contributed by atoms with Crippen molar-refractivity contribution >= 4 is 0 Å². The minimum Gasteiger partial charge on any atom is -0.377 e. The standard InChI is InChI=1S/C12H24N4O/c1-5-7-16-8-6-14-11(16)9-10(15-13)12(2,3)17-4/h6,8,10,15H,5,7,9,13H2,1-4H3. The van der Waals surface area contributed by atoms with Crippen LogP contribution in [0.4, 0.5) is 0 Å². The van der Waals surface area contributed by atoms with E-state index < -0.39 is 0 Å². The fourth-order valence-corrected chi connectivity index (χ4v) is 1.80. The molecule has 0 spiro atoms. The van der Waals surface area contributed by atoms with Gasteiger partial charge >= 0.3 is 0 Å². The Kier molecular flexibility index (Phi) is 5.11. The van der Waals surface area contributed by atoms with E-state index in [1.807, 2.05) is 26.2 Å². The second-order valence-electron chi connectivity index (χ2n) is 4.77. The molecule has 0 aliphatic rings. The van der Waals surface area contributed by atoms with Gasteiger partial charge in [0.2, 0.25) is 0 Å². The molecule has 0 fully saturated rings. The first kappa shape index (κ1) is 14.2. The van der Waals surface area contributed by atoms with Gasteiger partial charge in [0.05, 0.1) is 11.6 Å². The average Bonchev–Trinajstić information content (AvgIpc) is 2.73. The first-order valence-electron chi connectivity index (χ1n) is 6.06. The predicted molar refractivity (Wildman–Crippen MR) is 68.4 cm³/mol. The summed E-state index contributed by atoms with van der Waals surface area (Å²) >= 11 is 0. The topological polar surface area (TPSA) is 65.1 Å². The highest BCUT2D eigenvalue weighted by Gasteiger charge is 2.29. The monoisotopic (exact) mass is 240 g/mol. The van der Waals surface area contributed by atoms with Gasteiger partial charge in [0, 0.05) is 32.5 Å². The van der Waals surface area contributed by atoms with E-state index in [-0.39, 0.29) is 11.6 Å². The van der Waals surface area contributed by atoms with Crippen molar-refractivity contribution in [3.63, 3.8) is 0 Å². The number of nitrogens with two attached hydrogens (primary N) is 1. The second-order valence-corrected chi connectivity index (χ2v) is 4.77. The van der Waals surface area contributed by atoms with Crippen LogP contribution in [0.25, 0.3) is 0 Å². The van der Waals surface area contributed by atoms with E-state index in [9.17, 15) is 0 Å². The lowest BCUT2D eigenvalue weighted by atomic mass is 9.96. The summed E-state index contributed by atoms with van der Waals surface area (Å²) in [5, 5.41) is 0. The molecule has 0 saturated heterocycles. The molecule has 5 heteroatoms. The maximum absolute atomic E-state index is 5.61. The van der Waals surface area contributed by atoms with Gasteiger partial charge in [0.15, 0.2) is 0 Å². The van der Waals surface area contributed by atoms with Crippen LogP contribution in [0.3, 0.4) is 0 Å². The van der Waals surface area contributed by atoms with Crippen LogP contribution in [0.1, 0.15) is 33.0 Å². The molecule has 3 N–H and O–H groups in total. The molecule has 1 atom stereocenters. The average molecular weight is 240 g/mol. The van der Waals surface area contributed by atoms with Crippen LogP contribution in [0.15, 0.2) is 12.4 Å². The molecule has 0 aromatic carbocycles. The quantitative estimate of drug-likeness (QED) is 0.553. The molecule has 0 saturated carbocycles. The van der Waals surface area contributed by atoms with Crippen molar-refractivity contribution in [3.05, 3.63) is 18.2 Å². The lowest BCUT2D eigenvalue weighted by molar-refractivity contribution is -0.0108. The number of hydrogen-bond acceptors (Lipinski definition) is 4. The molecule has 0 radical (unpaired) electrons. The molecular weight excluding hydrogens is 216 g/mol. The fourth-order valence-electron chi connectivity index (χ4n) is 1.80. The Hall–Kier alpha value is -0.910. The fraction of sp³-hybridized carbons (Fsp3) is 0.750. The summed E-state index contributed by atoms with van der Waals surface area (Å²) in [5.74, 6) is 6.65. The molecule has 1 aromatic heterocycles. The second kappa shape index (κ2) is 6.14. The summed E-state index contributed by atoms with van der Waals surface area (Å²) in [6.45, 7) is 7.18. The molecular formula is C12H24N4O. The molecule has 1 rings (SSSR count). The van der Waals surface area contributed by atoms with E-state index in [1.54, 1.807) is 7.11 Å². The van der Waals surface area contributed by atoms with E-state index in [4.69, 9.17) is 10.6 Å². The zero-order chi connectivity index (χ0) is 12.9. The van der Waals surface area contributed by atoms with Crippen LogP contribution >= 0.6 is 0 Å². The smallest absolute Gasteiger partial charge is 0.110 e. The Morgan fingerprint density at radius 2 is 2.29 bits per heavy atom. The van der Waals surface area contributed by atoms with E-state index >= 15 is 0 Å². The third-order valence-corrected chi connectivity index (χ3v) is 3.22. The van der Waals surface area contributed by atoms with Crippen LogP contribution in [0.2, 0.25) is 0 Å². The van der Waals surface area contributed by atoms with E-state index in [2.05, 4.69) is 21.9 Å². The zero-order valence-corrected chi connectivity index (χ0v) is 11.2. The Balaban J connectivity index is 2.77. The summed E-state index contributed by atoms with van der Waals surface area (Å²) in [4.78, 5) is 4.38. The van der Waals surface area contributed by atoms with Crippen LogP contribution in [0.5, 0.6) is 0 Å². The first-order valence-corrected chi connectivity index (χ1v) is 6.06. The number of aryl methyl sites for hydroxylation is 1. The number of aromatic nitrogens is 2. The number of imidazole rings is 1. The van der Waals surface area contributed by atoms with Crippen molar-refractivity contribution < 1.29 is 4.74 Å². The molecule has 0 amide bonds. The molecule has 1 unspecified atom stereocenters. The number of hydrogen-bond donors (Lipinski definition) is 2. The largest absolute Gasteiger partial charge is 0.377 e. The SMILES string of the molecule is CCCn1ccnc1CC(NN)C(C)(C)OC. The number of nitrogens with one attached hydrogen (secondary N) is 1. The van der Waals surface area contributed by atoms with Crippen molar-refractivity contribution in [1.82, 2.24) is 15.0 Å². The van der Waals surface area contributed by atoms with Crippen LogP contribution in [-0.2, 0) is 17.7 Å². The van der Waals surface area contributed by atoms with Crippen LogP contribution in [-0.4, -0.2) is 28.3 Å². The van der Waals surface area contributed by atoms with Crippen molar-refractivity contribution in [2.45, 2.75) is 51.8 Å². The van der Waals surface area contributed by atoms with Gasteiger partial charge in [-0.3, -0.25) is 11.3 Å². The summed E-state index contributed by atoms with van der Waals surface area (Å²) in [7, 11) is 1.70. The zero-order valence-electron chi connectivity index (χ0n) is 11.2. The van der Waals surface area contributed by atoms with Crippen molar-refractivity contribution in [2.24, 2.45) is 5.84 Å². The molecule has 1 heterocycles. The summed E-state index contributed by atoms with van der Waals surface area (Å²) < 4.78 is 7.62. The number of rotatable bonds is 7. The molecule has 5 nitrogen and oxygen atoms in total. The van der Waals surface area contributed by atoms with Crippen molar-refractivity contribution in [2.75, 3.05) is 7.11 Å². The van der Waals surface area contributed by atoms with Crippen LogP contribution in [0, 0.1) is 0 Å². The molecule has 17 heavy (non-hydrogen) atoms. The van der Waals surface area contributed by atoms with Crippen molar-refractivity contribution in [3.8, 4) is 0 Å². The van der Waals surface area contributed by atoms with Gasteiger partial charge in [-0.25, -0.2) is 4.98 Å². The first-order chi connectivity index (χ1) is 8.05. The van der Waals surface area contributed by atoms with Gasteiger partial charge in [0.25, 0.3) is 0 Å². The van der Waals surface area contributed by atoms with E-state index in [0.717, 1.165) is 25.2 Å². The number of nitrogens with zero attached hydrogens (tertiary/aromatic N) is 2. The Morgan fingerprint density at radius 1 is 1.59 bits per heavy atom. The summed E-state index contributed by atoms with van der Waals surface area (Å²) in [5.41, 5.74) is 2.50. The molecule has 0 aliphatic heterocycles. The van der Waals surface area contributed by atoms with Gasteiger partial charge in [0.1, 0.15) is 5.82 Å². The van der Waals surface area contributed by atoms with Gasteiger partial charge in [-0.15, -0.1) is 0 Å². The molecule has 0 aliphatic carbocycles. The van der Waals surface area contributed by atoms with Gasteiger partial charge in [-0.05, 0) is 20.3 Å². The number of hydrazine groups is 1.